The molecular formula is C13H14O4. The highest BCUT2D eigenvalue weighted by molar-refractivity contribution is 6.15. The first-order valence-electron chi connectivity index (χ1n) is 5.39. The zero-order valence-electron chi connectivity index (χ0n) is 9.69. The van der Waals surface area contributed by atoms with Gasteiger partial charge in [0.15, 0.2) is 11.5 Å². The van der Waals surface area contributed by atoms with E-state index < -0.39 is 5.97 Å². The van der Waals surface area contributed by atoms with E-state index in [0.29, 0.717) is 35.8 Å². The predicted molar refractivity (Wildman–Crippen MR) is 63.1 cm³/mol. The van der Waals surface area contributed by atoms with E-state index in [9.17, 15) is 4.79 Å². The Labute approximate surface area is 99.8 Å². The van der Waals surface area contributed by atoms with Gasteiger partial charge < -0.3 is 14.2 Å². The predicted octanol–water partition coefficient (Wildman–Crippen LogP) is 2.03. The van der Waals surface area contributed by atoms with E-state index in [1.165, 1.54) is 7.11 Å². The third kappa shape index (κ3) is 2.41. The minimum Gasteiger partial charge on any atom is -0.490 e. The van der Waals surface area contributed by atoms with Crippen LogP contribution in [0.4, 0.5) is 0 Å². The highest BCUT2D eigenvalue weighted by Crippen LogP contribution is 2.32. The molecule has 1 aliphatic heterocycles. The van der Waals surface area contributed by atoms with Gasteiger partial charge in [-0.05, 0) is 17.7 Å². The van der Waals surface area contributed by atoms with Crippen molar-refractivity contribution in [3.63, 3.8) is 0 Å². The van der Waals surface area contributed by atoms with Crippen LogP contribution in [0.15, 0.2) is 24.8 Å². The quantitative estimate of drug-likeness (QED) is 0.580. The van der Waals surface area contributed by atoms with Crippen molar-refractivity contribution >= 4 is 11.5 Å². The maximum Gasteiger partial charge on any atom is 0.337 e. The highest BCUT2D eigenvalue weighted by Gasteiger charge is 2.15. The number of fused-ring (bicyclic) bond motifs is 1. The molecule has 90 valence electrons. The molecule has 0 amide bonds. The van der Waals surface area contributed by atoms with Gasteiger partial charge in [0, 0.05) is 6.42 Å². The zero-order valence-corrected chi connectivity index (χ0v) is 9.69. The number of carbonyl (C=O) groups excluding carboxylic acids is 1. The van der Waals surface area contributed by atoms with Crippen molar-refractivity contribution in [1.29, 1.82) is 0 Å². The van der Waals surface area contributed by atoms with Crippen molar-refractivity contribution in [2.24, 2.45) is 0 Å². The Morgan fingerprint density at radius 1 is 1.29 bits per heavy atom. The van der Waals surface area contributed by atoms with E-state index in [1.54, 1.807) is 18.2 Å². The maximum atomic E-state index is 11.4. The Kier molecular flexibility index (Phi) is 3.32. The average Bonchev–Trinajstić information content (AvgIpc) is 2.61. The summed E-state index contributed by atoms with van der Waals surface area (Å²) in [4.78, 5) is 11.4. The Balaban J connectivity index is 2.29. The third-order valence-electron chi connectivity index (χ3n) is 2.53. The van der Waals surface area contributed by atoms with Crippen LogP contribution < -0.4 is 9.47 Å². The number of carbonyl (C=O) groups is 1. The number of hydrogen-bond acceptors (Lipinski definition) is 4. The van der Waals surface area contributed by atoms with E-state index in [4.69, 9.17) is 9.47 Å². The van der Waals surface area contributed by atoms with Gasteiger partial charge in [0.1, 0.15) is 0 Å². The fourth-order valence-electron chi connectivity index (χ4n) is 1.59. The first kappa shape index (κ1) is 11.5. The minimum absolute atomic E-state index is 0.308. The first-order chi connectivity index (χ1) is 8.22. The summed E-state index contributed by atoms with van der Waals surface area (Å²) >= 11 is 0. The Morgan fingerprint density at radius 3 is 2.71 bits per heavy atom. The van der Waals surface area contributed by atoms with Crippen LogP contribution in [0, 0.1) is 0 Å². The molecule has 1 aliphatic rings. The van der Waals surface area contributed by atoms with E-state index >= 15 is 0 Å². The lowest BCUT2D eigenvalue weighted by Gasteiger charge is -2.09. The number of esters is 1. The van der Waals surface area contributed by atoms with Crippen LogP contribution in [0.1, 0.15) is 12.0 Å². The summed E-state index contributed by atoms with van der Waals surface area (Å²) in [7, 11) is 1.33. The fourth-order valence-corrected chi connectivity index (χ4v) is 1.59. The van der Waals surface area contributed by atoms with E-state index in [1.807, 2.05) is 0 Å². The monoisotopic (exact) mass is 234 g/mol. The van der Waals surface area contributed by atoms with Gasteiger partial charge >= 0.3 is 5.97 Å². The van der Waals surface area contributed by atoms with Crippen LogP contribution >= 0.6 is 0 Å². The summed E-state index contributed by atoms with van der Waals surface area (Å²) in [6.45, 7) is 4.95. The van der Waals surface area contributed by atoms with Crippen LogP contribution in [0.3, 0.4) is 0 Å². The number of ether oxygens (including phenoxy) is 3. The van der Waals surface area contributed by atoms with Gasteiger partial charge in [-0.1, -0.05) is 12.6 Å². The molecule has 2 rings (SSSR count). The second-order valence-corrected chi connectivity index (χ2v) is 3.68. The number of hydrogen-bond donors (Lipinski definition) is 0. The summed E-state index contributed by atoms with van der Waals surface area (Å²) in [6, 6.07) is 5.30. The summed E-state index contributed by atoms with van der Waals surface area (Å²) < 4.78 is 15.7. The lowest BCUT2D eigenvalue weighted by atomic mass is 10.1. The van der Waals surface area contributed by atoms with E-state index in [0.717, 1.165) is 6.42 Å². The molecule has 0 unspecified atom stereocenters. The van der Waals surface area contributed by atoms with Crippen LogP contribution in [-0.2, 0) is 9.53 Å². The molecule has 0 saturated carbocycles. The fraction of sp³-hybridized carbons (Fsp3) is 0.308. The van der Waals surface area contributed by atoms with Gasteiger partial charge in [0.2, 0.25) is 0 Å². The molecule has 0 fully saturated rings. The molecule has 0 bridgehead atoms. The molecule has 1 aromatic carbocycles. The van der Waals surface area contributed by atoms with Crippen molar-refractivity contribution in [2.75, 3.05) is 20.3 Å². The number of benzene rings is 1. The third-order valence-corrected chi connectivity index (χ3v) is 2.53. The Bertz CT molecular complexity index is 451. The zero-order chi connectivity index (χ0) is 12.3. The van der Waals surface area contributed by atoms with Crippen LogP contribution in [0.5, 0.6) is 11.5 Å². The lowest BCUT2D eigenvalue weighted by molar-refractivity contribution is -0.133. The summed E-state index contributed by atoms with van der Waals surface area (Å²) in [5, 5.41) is 0. The smallest absolute Gasteiger partial charge is 0.337 e. The molecule has 0 radical (unpaired) electrons. The van der Waals surface area contributed by atoms with Crippen LogP contribution in [0.25, 0.3) is 5.57 Å². The Morgan fingerprint density at radius 2 is 2.00 bits per heavy atom. The number of methoxy groups -OCH3 is 1. The van der Waals surface area contributed by atoms with E-state index in [2.05, 4.69) is 11.3 Å². The average molecular weight is 234 g/mol. The van der Waals surface area contributed by atoms with Gasteiger partial charge in [0.25, 0.3) is 0 Å². The minimum atomic E-state index is -0.445. The molecule has 17 heavy (non-hydrogen) atoms. The standard InChI is InChI=1S/C13H14O4/c1-9(13(14)15-2)10-4-5-11-12(8-10)17-7-3-6-16-11/h4-5,8H,1,3,6-7H2,2H3. The second-order valence-electron chi connectivity index (χ2n) is 3.68. The summed E-state index contributed by atoms with van der Waals surface area (Å²) in [6.07, 6.45) is 0.849. The largest absolute Gasteiger partial charge is 0.490 e. The van der Waals surface area contributed by atoms with Gasteiger partial charge in [-0.15, -0.1) is 0 Å². The molecule has 0 atom stereocenters. The van der Waals surface area contributed by atoms with Crippen molar-refractivity contribution in [3.8, 4) is 11.5 Å². The molecule has 4 heteroatoms. The molecule has 0 saturated heterocycles. The SMILES string of the molecule is C=C(C(=O)OC)c1ccc2c(c1)OCCCO2. The van der Waals surface area contributed by atoms with Crippen molar-refractivity contribution in [3.05, 3.63) is 30.3 Å². The van der Waals surface area contributed by atoms with Gasteiger partial charge in [-0.3, -0.25) is 0 Å². The maximum absolute atomic E-state index is 11.4. The summed E-state index contributed by atoms with van der Waals surface area (Å²) in [5.41, 5.74) is 0.990. The molecule has 4 nitrogen and oxygen atoms in total. The van der Waals surface area contributed by atoms with Crippen LogP contribution in [0.2, 0.25) is 0 Å². The first-order valence-corrected chi connectivity index (χ1v) is 5.39. The molecule has 0 aliphatic carbocycles. The topological polar surface area (TPSA) is 44.8 Å². The van der Waals surface area contributed by atoms with Crippen molar-refractivity contribution in [2.45, 2.75) is 6.42 Å². The lowest BCUT2D eigenvalue weighted by Crippen LogP contribution is -2.03. The van der Waals surface area contributed by atoms with E-state index in [-0.39, 0.29) is 0 Å². The van der Waals surface area contributed by atoms with Gasteiger partial charge in [0.05, 0.1) is 25.9 Å². The van der Waals surface area contributed by atoms with Gasteiger partial charge in [-0.25, -0.2) is 4.79 Å². The summed E-state index contributed by atoms with van der Waals surface area (Å²) in [5.74, 6) is 0.897. The Hall–Kier alpha value is -1.97. The van der Waals surface area contributed by atoms with Crippen molar-refractivity contribution in [1.82, 2.24) is 0 Å². The molecule has 0 N–H and O–H groups in total. The molecular weight excluding hydrogens is 220 g/mol. The van der Waals surface area contributed by atoms with Crippen molar-refractivity contribution < 1.29 is 19.0 Å². The highest BCUT2D eigenvalue weighted by atomic mass is 16.5. The van der Waals surface area contributed by atoms with Gasteiger partial charge in [-0.2, -0.15) is 0 Å². The van der Waals surface area contributed by atoms with Crippen LogP contribution in [-0.4, -0.2) is 26.3 Å². The second kappa shape index (κ2) is 4.91. The molecule has 1 aromatic rings. The molecule has 1 heterocycles. The molecule has 0 spiro atoms. The normalized spacial score (nSPS) is 13.7. The molecule has 0 aromatic heterocycles. The number of rotatable bonds is 2.